The second kappa shape index (κ2) is 4.30. The summed E-state index contributed by atoms with van der Waals surface area (Å²) < 4.78 is 0. The van der Waals surface area contributed by atoms with Crippen molar-refractivity contribution in [1.82, 2.24) is 10.3 Å². The highest BCUT2D eigenvalue weighted by atomic mass is 15.2. The van der Waals surface area contributed by atoms with E-state index >= 15 is 0 Å². The molecule has 2 aliphatic rings. The molecule has 3 nitrogen and oxygen atoms in total. The molecule has 0 radical (unpaired) electrons. The van der Waals surface area contributed by atoms with Gasteiger partial charge in [0.15, 0.2) is 0 Å². The van der Waals surface area contributed by atoms with Crippen molar-refractivity contribution in [2.75, 3.05) is 31.1 Å². The van der Waals surface area contributed by atoms with Crippen molar-refractivity contribution in [3.63, 3.8) is 0 Å². The minimum atomic E-state index is 0.598. The van der Waals surface area contributed by atoms with Gasteiger partial charge in [-0.25, -0.2) is 4.98 Å². The summed E-state index contributed by atoms with van der Waals surface area (Å²) in [5, 5.41) is 3.51. The third-order valence-corrected chi connectivity index (χ3v) is 4.38. The summed E-state index contributed by atoms with van der Waals surface area (Å²) in [6.45, 7) is 6.85. The minimum absolute atomic E-state index is 0.598. The van der Waals surface area contributed by atoms with Gasteiger partial charge in [-0.05, 0) is 49.8 Å². The van der Waals surface area contributed by atoms with E-state index in [1.165, 1.54) is 37.9 Å². The summed E-state index contributed by atoms with van der Waals surface area (Å²) in [5.74, 6) is 1.15. The van der Waals surface area contributed by atoms with E-state index in [4.69, 9.17) is 0 Å². The van der Waals surface area contributed by atoms with Crippen LogP contribution < -0.4 is 10.2 Å². The largest absolute Gasteiger partial charge is 0.357 e. The third kappa shape index (κ3) is 2.16. The molecule has 3 rings (SSSR count). The highest BCUT2D eigenvalue weighted by Crippen LogP contribution is 2.37. The Morgan fingerprint density at radius 2 is 2.06 bits per heavy atom. The maximum atomic E-state index is 4.53. The van der Waals surface area contributed by atoms with E-state index in [-0.39, 0.29) is 0 Å². The molecule has 1 spiro atoms. The van der Waals surface area contributed by atoms with Gasteiger partial charge in [-0.3, -0.25) is 0 Å². The molecular weight excluding hydrogens is 210 g/mol. The number of nitrogens with one attached hydrogen (secondary N) is 1. The highest BCUT2D eigenvalue weighted by Gasteiger charge is 2.37. The SMILES string of the molecule is Cc1ccc(N2CCC3(CCNC3)CC2)nc1. The maximum absolute atomic E-state index is 4.53. The fourth-order valence-electron chi connectivity index (χ4n) is 3.08. The summed E-state index contributed by atoms with van der Waals surface area (Å²) in [6.07, 6.45) is 5.96. The predicted octanol–water partition coefficient (Wildman–Crippen LogP) is 1.97. The van der Waals surface area contributed by atoms with Gasteiger partial charge in [0.25, 0.3) is 0 Å². The van der Waals surface area contributed by atoms with E-state index in [9.17, 15) is 0 Å². The molecule has 0 amide bonds. The van der Waals surface area contributed by atoms with Crippen molar-refractivity contribution in [2.45, 2.75) is 26.2 Å². The quantitative estimate of drug-likeness (QED) is 0.801. The molecule has 1 N–H and O–H groups in total. The van der Waals surface area contributed by atoms with E-state index in [1.54, 1.807) is 0 Å². The van der Waals surface area contributed by atoms with Crippen LogP contribution in [0.15, 0.2) is 18.3 Å². The van der Waals surface area contributed by atoms with Crippen LogP contribution in [-0.2, 0) is 0 Å². The Morgan fingerprint density at radius 1 is 1.24 bits per heavy atom. The zero-order valence-corrected chi connectivity index (χ0v) is 10.6. The molecule has 0 aromatic carbocycles. The Labute approximate surface area is 103 Å². The fraction of sp³-hybridized carbons (Fsp3) is 0.643. The van der Waals surface area contributed by atoms with Crippen molar-refractivity contribution >= 4 is 5.82 Å². The molecule has 2 aliphatic heterocycles. The predicted molar refractivity (Wildman–Crippen MR) is 70.3 cm³/mol. The molecule has 17 heavy (non-hydrogen) atoms. The van der Waals surface area contributed by atoms with Gasteiger partial charge in [-0.15, -0.1) is 0 Å². The zero-order chi connectivity index (χ0) is 11.7. The molecule has 0 aliphatic carbocycles. The van der Waals surface area contributed by atoms with Gasteiger partial charge >= 0.3 is 0 Å². The summed E-state index contributed by atoms with van der Waals surface area (Å²) in [4.78, 5) is 6.96. The summed E-state index contributed by atoms with van der Waals surface area (Å²) >= 11 is 0. The minimum Gasteiger partial charge on any atom is -0.357 e. The lowest BCUT2D eigenvalue weighted by atomic mass is 9.78. The van der Waals surface area contributed by atoms with Crippen LogP contribution in [0.5, 0.6) is 0 Å². The zero-order valence-electron chi connectivity index (χ0n) is 10.6. The number of rotatable bonds is 1. The van der Waals surface area contributed by atoms with Crippen molar-refractivity contribution in [1.29, 1.82) is 0 Å². The molecule has 3 heteroatoms. The molecule has 0 saturated carbocycles. The van der Waals surface area contributed by atoms with Gasteiger partial charge in [0.1, 0.15) is 5.82 Å². The highest BCUT2D eigenvalue weighted by molar-refractivity contribution is 5.39. The number of pyridine rings is 1. The van der Waals surface area contributed by atoms with Crippen LogP contribution in [0, 0.1) is 12.3 Å². The van der Waals surface area contributed by atoms with E-state index in [0.29, 0.717) is 5.41 Å². The molecule has 2 fully saturated rings. The number of aromatic nitrogens is 1. The molecule has 1 aromatic heterocycles. The van der Waals surface area contributed by atoms with Crippen LogP contribution in [0.4, 0.5) is 5.82 Å². The molecule has 0 unspecified atom stereocenters. The van der Waals surface area contributed by atoms with Gasteiger partial charge in [0.05, 0.1) is 0 Å². The molecule has 1 aromatic rings. The normalized spacial score (nSPS) is 23.2. The van der Waals surface area contributed by atoms with Gasteiger partial charge in [-0.2, -0.15) is 0 Å². The van der Waals surface area contributed by atoms with Crippen molar-refractivity contribution in [3.8, 4) is 0 Å². The van der Waals surface area contributed by atoms with Crippen LogP contribution in [0.3, 0.4) is 0 Å². The molecule has 2 saturated heterocycles. The molecule has 0 bridgehead atoms. The summed E-state index contributed by atoms with van der Waals surface area (Å²) in [5.41, 5.74) is 1.84. The number of piperidine rings is 1. The lowest BCUT2D eigenvalue weighted by Crippen LogP contribution is -2.41. The number of hydrogen-bond acceptors (Lipinski definition) is 3. The smallest absolute Gasteiger partial charge is 0.128 e. The first kappa shape index (κ1) is 11.0. The maximum Gasteiger partial charge on any atom is 0.128 e. The van der Waals surface area contributed by atoms with Crippen molar-refractivity contribution in [3.05, 3.63) is 23.9 Å². The second-order valence-corrected chi connectivity index (χ2v) is 5.61. The standard InChI is InChI=1S/C14H21N3/c1-12-2-3-13(16-10-12)17-8-5-14(6-9-17)4-7-15-11-14/h2-3,10,15H,4-9,11H2,1H3. The summed E-state index contributed by atoms with van der Waals surface area (Å²) in [6, 6.07) is 4.31. The Balaban J connectivity index is 1.66. The number of aryl methyl sites for hydroxylation is 1. The first-order valence-corrected chi connectivity index (χ1v) is 6.66. The molecule has 0 atom stereocenters. The first-order chi connectivity index (χ1) is 8.27. The Hall–Kier alpha value is -1.09. The molecular formula is C14H21N3. The topological polar surface area (TPSA) is 28.2 Å². The number of anilines is 1. The van der Waals surface area contributed by atoms with Crippen molar-refractivity contribution < 1.29 is 0 Å². The average Bonchev–Trinajstić information content (AvgIpc) is 2.80. The first-order valence-electron chi connectivity index (χ1n) is 6.66. The van der Waals surface area contributed by atoms with Crippen LogP contribution in [0.1, 0.15) is 24.8 Å². The Kier molecular flexibility index (Phi) is 2.79. The van der Waals surface area contributed by atoms with Crippen LogP contribution in [0.2, 0.25) is 0 Å². The van der Waals surface area contributed by atoms with Crippen LogP contribution in [0.25, 0.3) is 0 Å². The number of hydrogen-bond donors (Lipinski definition) is 1. The van der Waals surface area contributed by atoms with E-state index in [0.717, 1.165) is 18.9 Å². The molecule has 92 valence electrons. The average molecular weight is 231 g/mol. The lowest BCUT2D eigenvalue weighted by Gasteiger charge is -2.39. The Bertz CT molecular complexity index is 369. The van der Waals surface area contributed by atoms with E-state index < -0.39 is 0 Å². The number of nitrogens with zero attached hydrogens (tertiary/aromatic N) is 2. The van der Waals surface area contributed by atoms with Gasteiger partial charge in [-0.1, -0.05) is 6.07 Å². The lowest BCUT2D eigenvalue weighted by molar-refractivity contribution is 0.247. The molecule has 3 heterocycles. The van der Waals surface area contributed by atoms with E-state index in [1.807, 2.05) is 6.20 Å². The third-order valence-electron chi connectivity index (χ3n) is 4.38. The van der Waals surface area contributed by atoms with Crippen LogP contribution in [-0.4, -0.2) is 31.2 Å². The second-order valence-electron chi connectivity index (χ2n) is 5.61. The van der Waals surface area contributed by atoms with Crippen molar-refractivity contribution in [2.24, 2.45) is 5.41 Å². The van der Waals surface area contributed by atoms with Gasteiger partial charge < -0.3 is 10.2 Å². The monoisotopic (exact) mass is 231 g/mol. The van der Waals surface area contributed by atoms with Crippen LogP contribution >= 0.6 is 0 Å². The van der Waals surface area contributed by atoms with Gasteiger partial charge in [0, 0.05) is 25.8 Å². The summed E-state index contributed by atoms with van der Waals surface area (Å²) in [7, 11) is 0. The van der Waals surface area contributed by atoms with Gasteiger partial charge in [0.2, 0.25) is 0 Å². The fourth-order valence-corrected chi connectivity index (χ4v) is 3.08. The van der Waals surface area contributed by atoms with E-state index in [2.05, 4.69) is 34.3 Å². The Morgan fingerprint density at radius 3 is 2.65 bits per heavy atom.